The van der Waals surface area contributed by atoms with Crippen molar-refractivity contribution in [3.8, 4) is 0 Å². The monoisotopic (exact) mass is 466 g/mol. The first-order valence-electron chi connectivity index (χ1n) is 12.4. The normalized spacial score (nSPS) is 25.7. The highest BCUT2D eigenvalue weighted by Crippen LogP contribution is 2.33. The summed E-state index contributed by atoms with van der Waals surface area (Å²) in [7, 11) is 0. The second kappa shape index (κ2) is 12.6. The number of carbonyl (C=O) groups excluding carboxylic acids is 1. The molecule has 7 nitrogen and oxygen atoms in total. The van der Waals surface area contributed by atoms with Crippen molar-refractivity contribution in [1.29, 1.82) is 0 Å². The Morgan fingerprint density at radius 3 is 2.47 bits per heavy atom. The summed E-state index contributed by atoms with van der Waals surface area (Å²) in [4.78, 5) is 27.4. The first-order chi connectivity index (χ1) is 15.5. The van der Waals surface area contributed by atoms with Gasteiger partial charge in [0.1, 0.15) is 5.02 Å². The molecule has 1 aromatic heterocycles. The first-order valence-corrected chi connectivity index (χ1v) is 12.8. The smallest absolute Gasteiger partial charge is 0.287 e. The summed E-state index contributed by atoms with van der Waals surface area (Å²) in [6, 6.07) is 0.0171. The van der Waals surface area contributed by atoms with Crippen LogP contribution in [0.25, 0.3) is 0 Å². The van der Waals surface area contributed by atoms with Crippen LogP contribution < -0.4 is 10.9 Å². The quantitative estimate of drug-likeness (QED) is 0.691. The van der Waals surface area contributed by atoms with Crippen molar-refractivity contribution in [2.45, 2.75) is 77.7 Å². The van der Waals surface area contributed by atoms with Crippen LogP contribution in [-0.4, -0.2) is 53.4 Å². The molecule has 0 aromatic carbocycles. The van der Waals surface area contributed by atoms with E-state index in [0.29, 0.717) is 17.5 Å². The summed E-state index contributed by atoms with van der Waals surface area (Å²) in [5, 5.41) is 7.87. The minimum atomic E-state index is -0.245. The molecule has 1 N–H and O–H groups in total. The number of carbonyl (C=O) groups is 1. The fourth-order valence-electron chi connectivity index (χ4n) is 4.81. The Balaban J connectivity index is 0.000000913. The summed E-state index contributed by atoms with van der Waals surface area (Å²) in [5.41, 5.74) is 0.349. The molecule has 0 spiro atoms. The number of anilines is 1. The van der Waals surface area contributed by atoms with Gasteiger partial charge in [-0.1, -0.05) is 31.9 Å². The third kappa shape index (κ3) is 6.47. The van der Waals surface area contributed by atoms with Crippen LogP contribution in [0.3, 0.4) is 0 Å². The third-order valence-corrected chi connectivity index (χ3v) is 6.95. The molecule has 1 amide bonds. The fraction of sp³-hybridized carbons (Fsp3) is 0.792. The number of nitrogens with zero attached hydrogens (tertiary/aromatic N) is 3. The van der Waals surface area contributed by atoms with Crippen molar-refractivity contribution < 1.29 is 9.53 Å². The van der Waals surface area contributed by atoms with Crippen molar-refractivity contribution in [2.24, 2.45) is 11.8 Å². The number of hydrogen-bond acceptors (Lipinski definition) is 5. The van der Waals surface area contributed by atoms with Crippen molar-refractivity contribution in [3.05, 3.63) is 21.6 Å². The standard InChI is InChI=1S/C21H31ClN4O3.C3H8/c22-19-18(23-12-15-4-3-11-29-14-15)13-24-26(21(19)28)17-7-5-16(6-8-17)20(27)25-9-1-2-10-25;1-3-2/h13,15-17,23H,1-12,14H2;3H2,1-2H3. The molecule has 180 valence electrons. The molecule has 0 radical (unpaired) electrons. The van der Waals surface area contributed by atoms with Crippen molar-refractivity contribution >= 4 is 23.2 Å². The van der Waals surface area contributed by atoms with E-state index in [9.17, 15) is 9.59 Å². The summed E-state index contributed by atoms with van der Waals surface area (Å²) < 4.78 is 7.02. The van der Waals surface area contributed by atoms with E-state index in [0.717, 1.165) is 84.2 Å². The molecule has 1 saturated carbocycles. The van der Waals surface area contributed by atoms with Crippen LogP contribution in [-0.2, 0) is 9.53 Å². The highest BCUT2D eigenvalue weighted by Gasteiger charge is 2.32. The molecule has 1 atom stereocenters. The molecular formula is C24H39ClN4O3. The third-order valence-electron chi connectivity index (χ3n) is 6.59. The van der Waals surface area contributed by atoms with Gasteiger partial charge in [-0.2, -0.15) is 5.10 Å². The predicted octanol–water partition coefficient (Wildman–Crippen LogP) is 4.51. The molecule has 0 bridgehead atoms. The lowest BCUT2D eigenvalue weighted by atomic mass is 9.85. The van der Waals surface area contributed by atoms with E-state index in [-0.39, 0.29) is 22.5 Å². The molecular weight excluding hydrogens is 428 g/mol. The van der Waals surface area contributed by atoms with Crippen molar-refractivity contribution in [3.63, 3.8) is 0 Å². The molecule has 1 aromatic rings. The van der Waals surface area contributed by atoms with Gasteiger partial charge in [-0.05, 0) is 57.3 Å². The first kappa shape index (κ1) is 25.0. The van der Waals surface area contributed by atoms with Gasteiger partial charge in [0.15, 0.2) is 0 Å². The summed E-state index contributed by atoms with van der Waals surface area (Å²) in [6.07, 6.45) is 10.5. The summed E-state index contributed by atoms with van der Waals surface area (Å²) in [6.45, 7) is 8.36. The average molecular weight is 467 g/mol. The molecule has 32 heavy (non-hydrogen) atoms. The average Bonchev–Trinajstić information content (AvgIpc) is 3.36. The van der Waals surface area contributed by atoms with Gasteiger partial charge in [0.25, 0.3) is 5.56 Å². The van der Waals surface area contributed by atoms with Crippen LogP contribution in [0.15, 0.2) is 11.0 Å². The van der Waals surface area contributed by atoms with Crippen LogP contribution >= 0.6 is 11.6 Å². The zero-order valence-electron chi connectivity index (χ0n) is 19.7. The number of aromatic nitrogens is 2. The SMILES string of the molecule is CCC.O=C(C1CCC(n2ncc(NCC3CCCOC3)c(Cl)c2=O)CC1)N1CCCC1. The Morgan fingerprint density at radius 2 is 1.84 bits per heavy atom. The molecule has 3 aliphatic rings. The van der Waals surface area contributed by atoms with Gasteiger partial charge in [0, 0.05) is 32.2 Å². The van der Waals surface area contributed by atoms with Crippen LogP contribution in [0.5, 0.6) is 0 Å². The molecule has 2 saturated heterocycles. The largest absolute Gasteiger partial charge is 0.382 e. The molecule has 2 aliphatic heterocycles. The number of halogens is 1. The van der Waals surface area contributed by atoms with Crippen LogP contribution in [0.4, 0.5) is 5.69 Å². The van der Waals surface area contributed by atoms with Gasteiger partial charge in [0.2, 0.25) is 5.91 Å². The van der Waals surface area contributed by atoms with Gasteiger partial charge >= 0.3 is 0 Å². The number of rotatable bonds is 5. The zero-order valence-corrected chi connectivity index (χ0v) is 20.4. The summed E-state index contributed by atoms with van der Waals surface area (Å²) >= 11 is 6.37. The Kier molecular flexibility index (Phi) is 9.85. The molecule has 1 aliphatic carbocycles. The van der Waals surface area contributed by atoms with Gasteiger partial charge in [-0.3, -0.25) is 9.59 Å². The predicted molar refractivity (Wildman–Crippen MR) is 128 cm³/mol. The molecule has 3 fully saturated rings. The second-order valence-electron chi connectivity index (χ2n) is 9.33. The Labute approximate surface area is 196 Å². The summed E-state index contributed by atoms with van der Waals surface area (Å²) in [5.74, 6) is 0.824. The maximum atomic E-state index is 12.8. The van der Waals surface area contributed by atoms with Crippen LogP contribution in [0.2, 0.25) is 5.02 Å². The van der Waals surface area contributed by atoms with Gasteiger partial charge in [-0.15, -0.1) is 0 Å². The number of likely N-dealkylation sites (tertiary alicyclic amines) is 1. The topological polar surface area (TPSA) is 76.5 Å². The molecule has 1 unspecified atom stereocenters. The van der Waals surface area contributed by atoms with E-state index in [1.54, 1.807) is 6.20 Å². The van der Waals surface area contributed by atoms with E-state index in [2.05, 4.69) is 24.3 Å². The minimum absolute atomic E-state index is 0.0171. The fourth-order valence-corrected chi connectivity index (χ4v) is 5.02. The Hall–Kier alpha value is -1.60. The van der Waals surface area contributed by atoms with E-state index < -0.39 is 0 Å². The number of nitrogens with one attached hydrogen (secondary N) is 1. The van der Waals surface area contributed by atoms with E-state index in [1.165, 1.54) is 11.1 Å². The molecule has 3 heterocycles. The van der Waals surface area contributed by atoms with Crippen LogP contribution in [0, 0.1) is 11.8 Å². The molecule has 8 heteroatoms. The Morgan fingerprint density at radius 1 is 1.16 bits per heavy atom. The van der Waals surface area contributed by atoms with Gasteiger partial charge in [-0.25, -0.2) is 4.68 Å². The second-order valence-corrected chi connectivity index (χ2v) is 9.71. The lowest BCUT2D eigenvalue weighted by Gasteiger charge is -2.30. The zero-order chi connectivity index (χ0) is 22.9. The molecule has 4 rings (SSSR count). The lowest BCUT2D eigenvalue weighted by molar-refractivity contribution is -0.135. The number of amides is 1. The van der Waals surface area contributed by atoms with E-state index in [4.69, 9.17) is 16.3 Å². The maximum Gasteiger partial charge on any atom is 0.287 e. The highest BCUT2D eigenvalue weighted by atomic mass is 35.5. The Bertz CT molecular complexity index is 780. The number of hydrogen-bond donors (Lipinski definition) is 1. The minimum Gasteiger partial charge on any atom is -0.382 e. The highest BCUT2D eigenvalue weighted by molar-refractivity contribution is 6.32. The van der Waals surface area contributed by atoms with Crippen molar-refractivity contribution in [1.82, 2.24) is 14.7 Å². The van der Waals surface area contributed by atoms with Crippen LogP contribution in [0.1, 0.15) is 77.7 Å². The van der Waals surface area contributed by atoms with Gasteiger partial charge in [0.05, 0.1) is 24.5 Å². The maximum absolute atomic E-state index is 12.8. The van der Waals surface area contributed by atoms with Gasteiger partial charge < -0.3 is 15.0 Å². The van der Waals surface area contributed by atoms with E-state index in [1.807, 2.05) is 4.90 Å². The van der Waals surface area contributed by atoms with Crippen molar-refractivity contribution in [2.75, 3.05) is 38.2 Å². The number of ether oxygens (including phenoxy) is 1. The van der Waals surface area contributed by atoms with E-state index >= 15 is 0 Å². The lowest BCUT2D eigenvalue weighted by Crippen LogP contribution is -2.37.